The van der Waals surface area contributed by atoms with Crippen molar-refractivity contribution in [2.24, 2.45) is 0 Å². The highest BCUT2D eigenvalue weighted by atomic mass is 32.1. The molecule has 0 aliphatic heterocycles. The van der Waals surface area contributed by atoms with Crippen molar-refractivity contribution in [1.29, 1.82) is 0 Å². The molecule has 6 nitrogen and oxygen atoms in total. The lowest BCUT2D eigenvalue weighted by atomic mass is 10.2. The molecule has 2 aromatic heterocycles. The summed E-state index contributed by atoms with van der Waals surface area (Å²) in [6, 6.07) is 16.9. The Bertz CT molecular complexity index is 1090. The van der Waals surface area contributed by atoms with Crippen LogP contribution in [0.25, 0.3) is 26.8 Å². The van der Waals surface area contributed by atoms with Gasteiger partial charge in [0.1, 0.15) is 10.8 Å². The molecule has 2 heterocycles. The number of ether oxygens (including phenoxy) is 1. The molecule has 0 radical (unpaired) electrons. The van der Waals surface area contributed by atoms with Crippen LogP contribution in [0.15, 0.2) is 59.4 Å². The van der Waals surface area contributed by atoms with Gasteiger partial charge >= 0.3 is 5.56 Å². The van der Waals surface area contributed by atoms with Crippen LogP contribution in [0.5, 0.6) is 5.75 Å². The number of fused-ring (bicyclic) bond motifs is 1. The summed E-state index contributed by atoms with van der Waals surface area (Å²) in [6.07, 6.45) is 0. The summed E-state index contributed by atoms with van der Waals surface area (Å²) in [6.45, 7) is 2.53. The molecule has 4 rings (SSSR count). The van der Waals surface area contributed by atoms with Crippen LogP contribution in [0.2, 0.25) is 0 Å². The molecule has 0 bridgehead atoms. The Balaban J connectivity index is 1.82. The smallest absolute Gasteiger partial charge is 0.302 e. The lowest BCUT2D eigenvalue weighted by Crippen LogP contribution is -2.19. The second-order valence-corrected chi connectivity index (χ2v) is 6.24. The van der Waals surface area contributed by atoms with Gasteiger partial charge in [-0.1, -0.05) is 53.8 Å². The van der Waals surface area contributed by atoms with Gasteiger partial charge in [0.2, 0.25) is 4.96 Å². The third kappa shape index (κ3) is 2.89. The molecule has 0 N–H and O–H groups in total. The molecule has 0 amide bonds. The summed E-state index contributed by atoms with van der Waals surface area (Å²) < 4.78 is 6.83. The highest BCUT2D eigenvalue weighted by Gasteiger charge is 2.14. The maximum Gasteiger partial charge on any atom is 0.302 e. The molecule has 25 heavy (non-hydrogen) atoms. The first kappa shape index (κ1) is 15.5. The largest absolute Gasteiger partial charge is 0.494 e. The van der Waals surface area contributed by atoms with E-state index in [1.807, 2.05) is 61.5 Å². The first-order valence-corrected chi connectivity index (χ1v) is 8.63. The fourth-order valence-corrected chi connectivity index (χ4v) is 3.33. The quantitative estimate of drug-likeness (QED) is 0.565. The van der Waals surface area contributed by atoms with Crippen LogP contribution in [-0.4, -0.2) is 26.4 Å². The third-order valence-electron chi connectivity index (χ3n) is 3.63. The van der Waals surface area contributed by atoms with Crippen LogP contribution in [0.4, 0.5) is 0 Å². The normalized spacial score (nSPS) is 10.9. The van der Waals surface area contributed by atoms with Gasteiger partial charge in [0.05, 0.1) is 6.61 Å². The van der Waals surface area contributed by atoms with Crippen molar-refractivity contribution < 1.29 is 4.74 Å². The minimum absolute atomic E-state index is 0.278. The minimum atomic E-state index is -0.278. The van der Waals surface area contributed by atoms with Crippen LogP contribution in [0.3, 0.4) is 0 Å². The van der Waals surface area contributed by atoms with Crippen molar-refractivity contribution in [3.63, 3.8) is 0 Å². The van der Waals surface area contributed by atoms with Crippen molar-refractivity contribution in [3.8, 4) is 27.6 Å². The number of benzene rings is 2. The van der Waals surface area contributed by atoms with Crippen LogP contribution < -0.4 is 10.3 Å². The van der Waals surface area contributed by atoms with Crippen molar-refractivity contribution in [2.45, 2.75) is 6.92 Å². The maximum atomic E-state index is 12.7. The average molecular weight is 350 g/mol. The minimum Gasteiger partial charge on any atom is -0.494 e. The van der Waals surface area contributed by atoms with Crippen LogP contribution >= 0.6 is 11.3 Å². The molecule has 2 aromatic carbocycles. The van der Waals surface area contributed by atoms with Gasteiger partial charge in [0, 0.05) is 11.1 Å². The average Bonchev–Trinajstić information content (AvgIpc) is 3.09. The topological polar surface area (TPSA) is 69.4 Å². The Kier molecular flexibility index (Phi) is 3.99. The predicted octanol–water partition coefficient (Wildman–Crippen LogP) is 3.28. The maximum absolute atomic E-state index is 12.7. The second kappa shape index (κ2) is 6.45. The van der Waals surface area contributed by atoms with E-state index in [0.29, 0.717) is 16.6 Å². The zero-order valence-electron chi connectivity index (χ0n) is 13.4. The molecule has 0 fully saturated rings. The molecule has 0 unspecified atom stereocenters. The molecule has 124 valence electrons. The van der Waals surface area contributed by atoms with Gasteiger partial charge in [-0.25, -0.2) is 0 Å². The Labute approximate surface area is 147 Å². The number of rotatable bonds is 4. The number of hydrogen-bond acceptors (Lipinski definition) is 6. The summed E-state index contributed by atoms with van der Waals surface area (Å²) in [5.74, 6) is 0.766. The van der Waals surface area contributed by atoms with E-state index < -0.39 is 0 Å². The summed E-state index contributed by atoms with van der Waals surface area (Å²) in [5.41, 5.74) is 1.61. The molecular formula is C18H14N4O2S. The first-order valence-electron chi connectivity index (χ1n) is 7.81. The SMILES string of the molecule is CCOc1cccc(-c2nn3c(=O)c(-c4ccccc4)nnc3s2)c1. The summed E-state index contributed by atoms with van der Waals surface area (Å²) in [7, 11) is 0. The molecule has 0 aliphatic rings. The fraction of sp³-hybridized carbons (Fsp3) is 0.111. The van der Waals surface area contributed by atoms with Gasteiger partial charge < -0.3 is 4.74 Å². The van der Waals surface area contributed by atoms with Crippen LogP contribution in [0, 0.1) is 0 Å². The Morgan fingerprint density at radius 3 is 2.64 bits per heavy atom. The lowest BCUT2D eigenvalue weighted by molar-refractivity contribution is 0.340. The molecular weight excluding hydrogens is 336 g/mol. The highest BCUT2D eigenvalue weighted by molar-refractivity contribution is 7.19. The van der Waals surface area contributed by atoms with Crippen LogP contribution in [0.1, 0.15) is 6.92 Å². The lowest BCUT2D eigenvalue weighted by Gasteiger charge is -2.03. The Hall–Kier alpha value is -3.06. The molecule has 0 aliphatic carbocycles. The van der Waals surface area contributed by atoms with E-state index >= 15 is 0 Å². The molecule has 0 spiro atoms. The summed E-state index contributed by atoms with van der Waals surface area (Å²) >= 11 is 1.32. The summed E-state index contributed by atoms with van der Waals surface area (Å²) in [4.78, 5) is 13.2. The van der Waals surface area contributed by atoms with Gasteiger partial charge in [-0.3, -0.25) is 4.79 Å². The van der Waals surface area contributed by atoms with E-state index in [1.54, 1.807) is 0 Å². The number of aromatic nitrogens is 4. The zero-order valence-corrected chi connectivity index (χ0v) is 14.2. The van der Waals surface area contributed by atoms with Gasteiger partial charge in [-0.05, 0) is 19.1 Å². The number of hydrogen-bond donors (Lipinski definition) is 0. The monoisotopic (exact) mass is 350 g/mol. The molecule has 0 saturated heterocycles. The predicted molar refractivity (Wildman–Crippen MR) is 97.0 cm³/mol. The fourth-order valence-electron chi connectivity index (χ4n) is 2.49. The van der Waals surface area contributed by atoms with E-state index in [9.17, 15) is 4.79 Å². The Morgan fingerprint density at radius 2 is 1.84 bits per heavy atom. The van der Waals surface area contributed by atoms with Gasteiger partial charge in [0.25, 0.3) is 0 Å². The van der Waals surface area contributed by atoms with Gasteiger partial charge in [-0.15, -0.1) is 10.2 Å². The van der Waals surface area contributed by atoms with Gasteiger partial charge in [0.15, 0.2) is 5.69 Å². The van der Waals surface area contributed by atoms with Crippen LogP contribution in [-0.2, 0) is 0 Å². The first-order chi connectivity index (χ1) is 12.3. The van der Waals surface area contributed by atoms with Crippen molar-refractivity contribution in [2.75, 3.05) is 6.61 Å². The zero-order chi connectivity index (χ0) is 17.2. The third-order valence-corrected chi connectivity index (χ3v) is 4.58. The molecule has 0 saturated carbocycles. The van der Waals surface area contributed by atoms with Crippen molar-refractivity contribution in [1.82, 2.24) is 19.8 Å². The standard InChI is InChI=1S/C18H14N4O2S/c1-2-24-14-10-6-9-13(11-14)16-21-22-17(23)15(19-20-18(22)25-16)12-7-4-3-5-8-12/h3-11H,2H2,1H3. The highest BCUT2D eigenvalue weighted by Crippen LogP contribution is 2.27. The molecule has 7 heteroatoms. The van der Waals surface area contributed by atoms with E-state index in [-0.39, 0.29) is 11.3 Å². The van der Waals surface area contributed by atoms with E-state index in [1.165, 1.54) is 15.9 Å². The molecule has 0 atom stereocenters. The Morgan fingerprint density at radius 1 is 1.04 bits per heavy atom. The number of nitrogens with zero attached hydrogens (tertiary/aromatic N) is 4. The van der Waals surface area contributed by atoms with E-state index in [2.05, 4.69) is 15.3 Å². The van der Waals surface area contributed by atoms with Crippen molar-refractivity contribution in [3.05, 3.63) is 65.0 Å². The van der Waals surface area contributed by atoms with E-state index in [0.717, 1.165) is 16.9 Å². The second-order valence-electron chi connectivity index (χ2n) is 5.28. The summed E-state index contributed by atoms with van der Waals surface area (Å²) in [5, 5.41) is 13.4. The van der Waals surface area contributed by atoms with Crippen molar-refractivity contribution >= 4 is 16.3 Å². The van der Waals surface area contributed by atoms with E-state index in [4.69, 9.17) is 4.74 Å². The molecule has 4 aromatic rings. The van der Waals surface area contributed by atoms with Gasteiger partial charge in [-0.2, -0.15) is 9.61 Å².